The smallest absolute Gasteiger partial charge is 0.267 e. The summed E-state index contributed by atoms with van der Waals surface area (Å²) in [6.07, 6.45) is 5.37. The van der Waals surface area contributed by atoms with E-state index < -0.39 is 0 Å². The monoisotopic (exact) mass is 363 g/mol. The Labute approximate surface area is 158 Å². The molecule has 1 N–H and O–H groups in total. The fourth-order valence-corrected chi connectivity index (χ4v) is 4.43. The average Bonchev–Trinajstić information content (AvgIpc) is 3.29. The maximum atomic E-state index is 12.3. The maximum absolute atomic E-state index is 12.3. The third-order valence-electron chi connectivity index (χ3n) is 5.97. The van der Waals surface area contributed by atoms with Crippen LogP contribution in [0, 0.1) is 5.92 Å². The summed E-state index contributed by atoms with van der Waals surface area (Å²) in [5.74, 6) is 1.56. The lowest BCUT2D eigenvalue weighted by atomic mass is 9.97. The minimum atomic E-state index is 0.0698. The Morgan fingerprint density at radius 3 is 2.85 bits per heavy atom. The Kier molecular flexibility index (Phi) is 4.28. The zero-order valence-electron chi connectivity index (χ0n) is 15.5. The van der Waals surface area contributed by atoms with Crippen molar-refractivity contribution in [1.29, 1.82) is 0 Å². The first-order valence-electron chi connectivity index (χ1n) is 10.0. The molecule has 1 saturated heterocycles. The lowest BCUT2D eigenvalue weighted by Gasteiger charge is -2.31. The standard InChI is InChI=1S/C21H25N5O/c27-21-12-16-4-3-7-17(16)24-26(21)13-15-8-10-25(11-9-15)14-20-22-18-5-1-2-6-19(18)23-20/h1-2,5-6,12,15H,3-4,7-11,13-14H2,(H,22,23). The molecule has 27 heavy (non-hydrogen) atoms. The Morgan fingerprint density at radius 1 is 1.15 bits per heavy atom. The highest BCUT2D eigenvalue weighted by molar-refractivity contribution is 5.74. The Balaban J connectivity index is 1.20. The third-order valence-corrected chi connectivity index (χ3v) is 5.97. The number of benzene rings is 1. The quantitative estimate of drug-likeness (QED) is 0.773. The molecule has 3 heterocycles. The van der Waals surface area contributed by atoms with Crippen LogP contribution in [-0.2, 0) is 25.9 Å². The Hall–Kier alpha value is -2.47. The normalized spacial score (nSPS) is 18.2. The molecular weight excluding hydrogens is 338 g/mol. The van der Waals surface area contributed by atoms with Gasteiger partial charge >= 0.3 is 0 Å². The van der Waals surface area contributed by atoms with E-state index in [9.17, 15) is 4.79 Å². The first-order chi connectivity index (χ1) is 13.2. The van der Waals surface area contributed by atoms with Gasteiger partial charge in [-0.1, -0.05) is 12.1 Å². The molecule has 0 unspecified atom stereocenters. The van der Waals surface area contributed by atoms with Gasteiger partial charge in [-0.2, -0.15) is 5.10 Å². The number of likely N-dealkylation sites (tertiary alicyclic amines) is 1. The van der Waals surface area contributed by atoms with E-state index in [2.05, 4.69) is 26.0 Å². The molecule has 1 aromatic carbocycles. The number of nitrogens with zero attached hydrogens (tertiary/aromatic N) is 4. The molecule has 2 aromatic heterocycles. The summed E-state index contributed by atoms with van der Waals surface area (Å²) in [6, 6.07) is 9.98. The van der Waals surface area contributed by atoms with E-state index in [-0.39, 0.29) is 5.56 Å². The molecule has 0 saturated carbocycles. The van der Waals surface area contributed by atoms with E-state index in [4.69, 9.17) is 0 Å². The van der Waals surface area contributed by atoms with Crippen molar-refractivity contribution in [3.63, 3.8) is 0 Å². The molecule has 5 rings (SSSR count). The second kappa shape index (κ2) is 6.93. The van der Waals surface area contributed by atoms with E-state index in [1.54, 1.807) is 4.68 Å². The molecule has 0 spiro atoms. The molecule has 6 nitrogen and oxygen atoms in total. The van der Waals surface area contributed by atoms with Gasteiger partial charge in [0.2, 0.25) is 0 Å². The van der Waals surface area contributed by atoms with Crippen LogP contribution >= 0.6 is 0 Å². The number of imidazole rings is 1. The second-order valence-electron chi connectivity index (χ2n) is 7.91. The lowest BCUT2D eigenvalue weighted by Crippen LogP contribution is -2.36. The number of hydrogen-bond acceptors (Lipinski definition) is 4. The van der Waals surface area contributed by atoms with Crippen LogP contribution in [0.5, 0.6) is 0 Å². The van der Waals surface area contributed by atoms with Crippen molar-refractivity contribution in [1.82, 2.24) is 24.6 Å². The fraction of sp³-hybridized carbons (Fsp3) is 0.476. The van der Waals surface area contributed by atoms with Gasteiger partial charge in [0.15, 0.2) is 0 Å². The van der Waals surface area contributed by atoms with Gasteiger partial charge in [0.1, 0.15) is 5.82 Å². The Bertz CT molecular complexity index is 980. The molecule has 1 aliphatic heterocycles. The van der Waals surface area contributed by atoms with Gasteiger partial charge in [0, 0.05) is 12.6 Å². The second-order valence-corrected chi connectivity index (χ2v) is 7.91. The molecule has 0 atom stereocenters. The molecule has 1 aliphatic carbocycles. The van der Waals surface area contributed by atoms with Gasteiger partial charge in [0.25, 0.3) is 5.56 Å². The SMILES string of the molecule is O=c1cc2c(nn1CC1CCN(Cc3nc4ccccc4[nH]3)CC1)CCC2. The molecule has 0 amide bonds. The van der Waals surface area contributed by atoms with Gasteiger partial charge in [-0.25, -0.2) is 9.67 Å². The summed E-state index contributed by atoms with van der Waals surface area (Å²) < 4.78 is 1.71. The van der Waals surface area contributed by atoms with Gasteiger partial charge in [0.05, 0.1) is 23.3 Å². The largest absolute Gasteiger partial charge is 0.341 e. The van der Waals surface area contributed by atoms with Crippen LogP contribution in [0.15, 0.2) is 35.1 Å². The van der Waals surface area contributed by atoms with E-state index in [1.165, 1.54) is 0 Å². The van der Waals surface area contributed by atoms with E-state index in [0.29, 0.717) is 5.92 Å². The minimum absolute atomic E-state index is 0.0698. The van der Waals surface area contributed by atoms with Crippen molar-refractivity contribution < 1.29 is 0 Å². The van der Waals surface area contributed by atoms with Crippen LogP contribution in [0.1, 0.15) is 36.3 Å². The highest BCUT2D eigenvalue weighted by atomic mass is 16.1. The van der Waals surface area contributed by atoms with E-state index in [1.807, 2.05) is 24.3 Å². The van der Waals surface area contributed by atoms with Crippen LogP contribution < -0.4 is 5.56 Å². The Morgan fingerprint density at radius 2 is 2.00 bits per heavy atom. The number of aryl methyl sites for hydroxylation is 2. The van der Waals surface area contributed by atoms with Crippen molar-refractivity contribution in [2.75, 3.05) is 13.1 Å². The van der Waals surface area contributed by atoms with E-state index in [0.717, 1.165) is 86.4 Å². The highest BCUT2D eigenvalue weighted by Crippen LogP contribution is 2.22. The number of para-hydroxylation sites is 2. The summed E-state index contributed by atoms with van der Waals surface area (Å²) in [4.78, 5) is 22.9. The third kappa shape index (κ3) is 3.41. The number of piperidine rings is 1. The van der Waals surface area contributed by atoms with Crippen molar-refractivity contribution in [3.05, 3.63) is 57.8 Å². The van der Waals surface area contributed by atoms with Gasteiger partial charge in [-0.15, -0.1) is 0 Å². The summed E-state index contributed by atoms with van der Waals surface area (Å²) in [7, 11) is 0. The molecule has 1 fully saturated rings. The van der Waals surface area contributed by atoms with E-state index >= 15 is 0 Å². The predicted molar refractivity (Wildman–Crippen MR) is 105 cm³/mol. The number of rotatable bonds is 4. The summed E-state index contributed by atoms with van der Waals surface area (Å²) in [6.45, 7) is 3.70. The zero-order valence-corrected chi connectivity index (χ0v) is 15.5. The number of nitrogens with one attached hydrogen (secondary N) is 1. The van der Waals surface area contributed by atoms with Crippen LogP contribution in [0.25, 0.3) is 11.0 Å². The van der Waals surface area contributed by atoms with Crippen molar-refractivity contribution in [2.24, 2.45) is 5.92 Å². The van der Waals surface area contributed by atoms with Gasteiger partial charge in [-0.05, 0) is 68.8 Å². The van der Waals surface area contributed by atoms with Crippen LogP contribution in [0.3, 0.4) is 0 Å². The summed E-state index contributed by atoms with van der Waals surface area (Å²) in [5, 5.41) is 4.63. The van der Waals surface area contributed by atoms with Crippen molar-refractivity contribution >= 4 is 11.0 Å². The number of fused-ring (bicyclic) bond motifs is 2. The molecular formula is C21H25N5O. The number of aromatic amines is 1. The minimum Gasteiger partial charge on any atom is -0.341 e. The molecule has 0 radical (unpaired) electrons. The lowest BCUT2D eigenvalue weighted by molar-refractivity contribution is 0.160. The van der Waals surface area contributed by atoms with Crippen LogP contribution in [0.2, 0.25) is 0 Å². The average molecular weight is 363 g/mol. The molecule has 3 aromatic rings. The van der Waals surface area contributed by atoms with Crippen LogP contribution in [-0.4, -0.2) is 37.7 Å². The highest BCUT2D eigenvalue weighted by Gasteiger charge is 2.22. The zero-order chi connectivity index (χ0) is 18.2. The molecule has 2 aliphatic rings. The number of hydrogen-bond donors (Lipinski definition) is 1. The van der Waals surface area contributed by atoms with Crippen molar-refractivity contribution in [2.45, 2.75) is 45.2 Å². The topological polar surface area (TPSA) is 66.8 Å². The molecule has 6 heteroatoms. The van der Waals surface area contributed by atoms with Crippen LogP contribution in [0.4, 0.5) is 0 Å². The molecule has 0 bridgehead atoms. The van der Waals surface area contributed by atoms with Gasteiger partial charge in [-0.3, -0.25) is 9.69 Å². The number of aromatic nitrogens is 4. The first kappa shape index (κ1) is 16.7. The first-order valence-corrected chi connectivity index (χ1v) is 10.0. The van der Waals surface area contributed by atoms with Crippen molar-refractivity contribution in [3.8, 4) is 0 Å². The maximum Gasteiger partial charge on any atom is 0.267 e. The number of H-pyrrole nitrogens is 1. The fourth-order valence-electron chi connectivity index (χ4n) is 4.43. The summed E-state index contributed by atoms with van der Waals surface area (Å²) in [5.41, 5.74) is 4.50. The van der Waals surface area contributed by atoms with Gasteiger partial charge < -0.3 is 4.98 Å². The predicted octanol–water partition coefficient (Wildman–Crippen LogP) is 2.52. The molecule has 140 valence electrons. The summed E-state index contributed by atoms with van der Waals surface area (Å²) >= 11 is 0.